The second kappa shape index (κ2) is 16.9. The first-order chi connectivity index (χ1) is 15.3. The molecule has 2 N–H and O–H groups in total. The highest BCUT2D eigenvalue weighted by Crippen LogP contribution is 2.21. The van der Waals surface area contributed by atoms with Crippen molar-refractivity contribution >= 4 is 11.8 Å². The summed E-state index contributed by atoms with van der Waals surface area (Å²) in [6, 6.07) is 0.236. The summed E-state index contributed by atoms with van der Waals surface area (Å²) in [6.45, 7) is 30.8. The number of thioether (sulfide) groups is 1. The molecule has 188 valence electrons. The predicted molar refractivity (Wildman–Crippen MR) is 155 cm³/mol. The first kappa shape index (κ1) is 31.4. The maximum Gasteiger partial charge on any atom is 0.0556 e. The molecule has 3 heteroatoms. The smallest absolute Gasteiger partial charge is 0.0556 e. The van der Waals surface area contributed by atoms with Gasteiger partial charge in [-0.25, -0.2) is 0 Å². The molecule has 2 nitrogen and oxygen atoms in total. The summed E-state index contributed by atoms with van der Waals surface area (Å²) in [5, 5.41) is 6.94. The molecular formula is C30H52N2S. The van der Waals surface area contributed by atoms with E-state index in [4.69, 9.17) is 0 Å². The normalized spacial score (nSPS) is 13.3. The number of allylic oxidation sites excluding steroid dienone is 6. The van der Waals surface area contributed by atoms with E-state index in [-0.39, 0.29) is 11.5 Å². The van der Waals surface area contributed by atoms with Gasteiger partial charge in [0.15, 0.2) is 0 Å². The second-order valence-corrected chi connectivity index (χ2v) is 11.9. The highest BCUT2D eigenvalue weighted by Gasteiger charge is 2.13. The fourth-order valence-electron chi connectivity index (χ4n) is 3.26. The monoisotopic (exact) mass is 472 g/mol. The van der Waals surface area contributed by atoms with Crippen molar-refractivity contribution in [2.24, 2.45) is 5.41 Å². The quantitative estimate of drug-likeness (QED) is 0.163. The van der Waals surface area contributed by atoms with E-state index in [1.807, 2.05) is 11.8 Å². The first-order valence-corrected chi connectivity index (χ1v) is 13.5. The lowest BCUT2D eigenvalue weighted by molar-refractivity contribution is 0.399. The lowest BCUT2D eigenvalue weighted by Gasteiger charge is -2.24. The van der Waals surface area contributed by atoms with Crippen molar-refractivity contribution in [1.82, 2.24) is 10.6 Å². The highest BCUT2D eigenvalue weighted by atomic mass is 32.2. The summed E-state index contributed by atoms with van der Waals surface area (Å²) in [5.41, 5.74) is 7.81. The maximum atomic E-state index is 4.19. The van der Waals surface area contributed by atoms with E-state index in [1.165, 1.54) is 23.1 Å². The van der Waals surface area contributed by atoms with Crippen LogP contribution in [0.4, 0.5) is 0 Å². The minimum atomic E-state index is 0.236. The Morgan fingerprint density at radius 2 is 1.42 bits per heavy atom. The van der Waals surface area contributed by atoms with Gasteiger partial charge in [-0.15, -0.1) is 0 Å². The van der Waals surface area contributed by atoms with E-state index in [0.717, 1.165) is 54.2 Å². The van der Waals surface area contributed by atoms with Gasteiger partial charge < -0.3 is 10.6 Å². The van der Waals surface area contributed by atoms with Crippen LogP contribution in [0, 0.1) is 5.41 Å². The molecule has 0 aromatic carbocycles. The molecule has 0 saturated carbocycles. The molecule has 0 aromatic heterocycles. The minimum absolute atomic E-state index is 0.236. The molecule has 0 unspecified atom stereocenters. The Morgan fingerprint density at radius 3 is 1.97 bits per heavy atom. The summed E-state index contributed by atoms with van der Waals surface area (Å²) in [7, 11) is 0. The second-order valence-electron chi connectivity index (χ2n) is 10.8. The van der Waals surface area contributed by atoms with Crippen LogP contribution in [0.2, 0.25) is 0 Å². The molecule has 0 bridgehead atoms. The molecule has 33 heavy (non-hydrogen) atoms. The summed E-state index contributed by atoms with van der Waals surface area (Å²) < 4.78 is 0. The van der Waals surface area contributed by atoms with E-state index in [0.29, 0.717) is 6.54 Å². The molecule has 0 fully saturated rings. The fourth-order valence-corrected chi connectivity index (χ4v) is 4.41. The van der Waals surface area contributed by atoms with Gasteiger partial charge in [0, 0.05) is 22.9 Å². The van der Waals surface area contributed by atoms with Gasteiger partial charge in [-0.1, -0.05) is 81.0 Å². The zero-order chi connectivity index (χ0) is 25.4. The molecule has 0 aliphatic rings. The zero-order valence-electron chi connectivity index (χ0n) is 23.0. The van der Waals surface area contributed by atoms with Crippen LogP contribution >= 0.6 is 11.8 Å². The Morgan fingerprint density at radius 1 is 0.848 bits per heavy atom. The van der Waals surface area contributed by atoms with Crippen LogP contribution in [0.15, 0.2) is 71.7 Å². The third-order valence-corrected chi connectivity index (χ3v) is 6.20. The summed E-state index contributed by atoms with van der Waals surface area (Å²) >= 11 is 1.95. The molecule has 0 aliphatic heterocycles. The summed E-state index contributed by atoms with van der Waals surface area (Å²) in [4.78, 5) is 0. The zero-order valence-corrected chi connectivity index (χ0v) is 23.8. The number of rotatable bonds is 17. The van der Waals surface area contributed by atoms with E-state index in [2.05, 4.69) is 104 Å². The van der Waals surface area contributed by atoms with Gasteiger partial charge >= 0.3 is 0 Å². The van der Waals surface area contributed by atoms with Crippen molar-refractivity contribution < 1.29 is 0 Å². The van der Waals surface area contributed by atoms with E-state index in [1.54, 1.807) is 0 Å². The molecule has 0 rings (SSSR count). The molecule has 0 saturated heterocycles. The molecule has 0 aromatic rings. The Labute approximate surface area is 210 Å². The van der Waals surface area contributed by atoms with Crippen molar-refractivity contribution in [3.05, 3.63) is 71.7 Å². The maximum absolute atomic E-state index is 4.19. The van der Waals surface area contributed by atoms with Crippen LogP contribution in [0.3, 0.4) is 0 Å². The van der Waals surface area contributed by atoms with Gasteiger partial charge in [0.2, 0.25) is 0 Å². The average molecular weight is 473 g/mol. The SMILES string of the molecule is C=C(CC(C)(C)C)NCC(=C)N[C@@H](CSC/C=C(\C)CC/C=C(\C)CCC=C(C)C)C(=C)C. The predicted octanol–water partition coefficient (Wildman–Crippen LogP) is 8.73. The van der Waals surface area contributed by atoms with Crippen LogP contribution in [-0.4, -0.2) is 24.1 Å². The van der Waals surface area contributed by atoms with Crippen molar-refractivity contribution in [2.75, 3.05) is 18.1 Å². The van der Waals surface area contributed by atoms with Gasteiger partial charge in [-0.3, -0.25) is 0 Å². The number of nitrogens with one attached hydrogen (secondary N) is 2. The molecule has 1 atom stereocenters. The third-order valence-electron chi connectivity index (χ3n) is 5.23. The van der Waals surface area contributed by atoms with E-state index in [9.17, 15) is 0 Å². The number of hydrogen-bond donors (Lipinski definition) is 2. The van der Waals surface area contributed by atoms with Gasteiger partial charge in [0.05, 0.1) is 12.6 Å². The van der Waals surface area contributed by atoms with Crippen molar-refractivity contribution in [1.29, 1.82) is 0 Å². The van der Waals surface area contributed by atoms with E-state index >= 15 is 0 Å². The summed E-state index contributed by atoms with van der Waals surface area (Å²) in [6.07, 6.45) is 12.7. The third kappa shape index (κ3) is 19.6. The molecule has 0 aliphatic carbocycles. The Kier molecular flexibility index (Phi) is 16.1. The van der Waals surface area contributed by atoms with Crippen LogP contribution in [0.5, 0.6) is 0 Å². The Hall–Kier alpha value is -1.61. The van der Waals surface area contributed by atoms with E-state index < -0.39 is 0 Å². The molecule has 0 radical (unpaired) electrons. The largest absolute Gasteiger partial charge is 0.383 e. The first-order valence-electron chi connectivity index (χ1n) is 12.3. The summed E-state index contributed by atoms with van der Waals surface area (Å²) in [5.74, 6) is 2.03. The van der Waals surface area contributed by atoms with Crippen LogP contribution < -0.4 is 10.6 Å². The molecule has 0 spiro atoms. The lowest BCUT2D eigenvalue weighted by Crippen LogP contribution is -2.35. The highest BCUT2D eigenvalue weighted by molar-refractivity contribution is 7.99. The lowest BCUT2D eigenvalue weighted by atomic mass is 9.91. The van der Waals surface area contributed by atoms with Gasteiger partial charge in [0.25, 0.3) is 0 Å². The topological polar surface area (TPSA) is 24.1 Å². The van der Waals surface area contributed by atoms with Gasteiger partial charge in [-0.2, -0.15) is 11.8 Å². The van der Waals surface area contributed by atoms with Gasteiger partial charge in [-0.05, 0) is 72.1 Å². The van der Waals surface area contributed by atoms with Crippen molar-refractivity contribution in [2.45, 2.75) is 93.5 Å². The minimum Gasteiger partial charge on any atom is -0.383 e. The van der Waals surface area contributed by atoms with Crippen LogP contribution in [0.1, 0.15) is 87.5 Å². The molecule has 0 amide bonds. The Bertz CT molecular complexity index is 712. The number of hydrogen-bond acceptors (Lipinski definition) is 3. The van der Waals surface area contributed by atoms with Crippen LogP contribution in [-0.2, 0) is 0 Å². The average Bonchev–Trinajstić information content (AvgIpc) is 2.67. The molecule has 0 heterocycles. The van der Waals surface area contributed by atoms with Crippen molar-refractivity contribution in [3.8, 4) is 0 Å². The fraction of sp³-hybridized carbons (Fsp3) is 0.600. The standard InChI is InChI=1S/C30H52N2S/c1-23(2)14-12-15-25(5)16-13-17-26(6)18-19-33-22-29(24(3)4)32-28(8)21-31-27(7)20-30(9,10)11/h14,16,18,29,31-32H,3,7-8,12-13,15,17,19-22H2,1-2,4-6,9-11H3/b25-16+,26-18+/t29-/m0/s1. The Balaban J connectivity index is 4.30. The molecular weight excluding hydrogens is 420 g/mol. The van der Waals surface area contributed by atoms with Gasteiger partial charge in [0.1, 0.15) is 0 Å². The van der Waals surface area contributed by atoms with Crippen LogP contribution in [0.25, 0.3) is 0 Å². The van der Waals surface area contributed by atoms with Crippen molar-refractivity contribution in [3.63, 3.8) is 0 Å².